The van der Waals surface area contributed by atoms with Crippen LogP contribution < -0.4 is 14.8 Å². The van der Waals surface area contributed by atoms with Gasteiger partial charge in [0.2, 0.25) is 11.7 Å². The van der Waals surface area contributed by atoms with Gasteiger partial charge >= 0.3 is 5.69 Å². The van der Waals surface area contributed by atoms with Gasteiger partial charge in [-0.2, -0.15) is 4.39 Å². The number of sulfonamides is 1. The van der Waals surface area contributed by atoms with Gasteiger partial charge in [0.05, 0.1) is 28.3 Å². The van der Waals surface area contributed by atoms with Gasteiger partial charge in [-0.25, -0.2) is 8.42 Å². The third-order valence-electron chi connectivity index (χ3n) is 3.19. The third-order valence-corrected chi connectivity index (χ3v) is 4.57. The van der Waals surface area contributed by atoms with E-state index in [9.17, 15) is 27.7 Å². The highest BCUT2D eigenvalue weighted by Gasteiger charge is 2.20. The standard InChI is InChI=1S/C15H14FN3O6S/c1-9(20)17-13-6-4-11(8-15(13)25-2)26(23,24)18-10-3-5-12(16)14(7-10)19(21)22/h3-8,18H,1-2H3,(H,17,20). The van der Waals surface area contributed by atoms with Gasteiger partial charge in [-0.1, -0.05) is 0 Å². The molecule has 138 valence electrons. The van der Waals surface area contributed by atoms with Gasteiger partial charge < -0.3 is 10.1 Å². The van der Waals surface area contributed by atoms with Gasteiger partial charge in [0.15, 0.2) is 0 Å². The highest BCUT2D eigenvalue weighted by molar-refractivity contribution is 7.92. The lowest BCUT2D eigenvalue weighted by Gasteiger charge is -2.12. The largest absolute Gasteiger partial charge is 0.495 e. The van der Waals surface area contributed by atoms with Crippen LogP contribution in [-0.4, -0.2) is 26.4 Å². The molecule has 11 heteroatoms. The first-order chi connectivity index (χ1) is 12.1. The van der Waals surface area contributed by atoms with Crippen molar-refractivity contribution in [1.82, 2.24) is 0 Å². The first kappa shape index (κ1) is 19.1. The van der Waals surface area contributed by atoms with Crippen molar-refractivity contribution in [2.45, 2.75) is 11.8 Å². The molecule has 0 radical (unpaired) electrons. The minimum Gasteiger partial charge on any atom is -0.495 e. The van der Waals surface area contributed by atoms with E-state index in [0.717, 1.165) is 18.2 Å². The van der Waals surface area contributed by atoms with Crippen LogP contribution in [0.2, 0.25) is 0 Å². The van der Waals surface area contributed by atoms with E-state index in [2.05, 4.69) is 10.0 Å². The number of nitrogens with one attached hydrogen (secondary N) is 2. The number of hydrogen-bond donors (Lipinski definition) is 2. The molecule has 2 N–H and O–H groups in total. The Labute approximate surface area is 148 Å². The Kier molecular flexibility index (Phi) is 5.41. The molecule has 0 aliphatic carbocycles. The predicted octanol–water partition coefficient (Wildman–Crippen LogP) is 2.50. The summed E-state index contributed by atoms with van der Waals surface area (Å²) >= 11 is 0. The monoisotopic (exact) mass is 383 g/mol. The number of carbonyl (C=O) groups excluding carboxylic acids is 1. The second-order valence-electron chi connectivity index (χ2n) is 5.07. The highest BCUT2D eigenvalue weighted by atomic mass is 32.2. The molecule has 0 aliphatic rings. The summed E-state index contributed by atoms with van der Waals surface area (Å²) in [5.41, 5.74) is -0.761. The maximum atomic E-state index is 13.4. The molecule has 2 aromatic carbocycles. The minimum atomic E-state index is -4.13. The minimum absolute atomic E-state index is 0.105. The van der Waals surface area contributed by atoms with Crippen LogP contribution in [0.25, 0.3) is 0 Å². The Bertz CT molecular complexity index is 977. The Balaban J connectivity index is 2.37. The van der Waals surface area contributed by atoms with Crippen molar-refractivity contribution in [2.75, 3.05) is 17.1 Å². The molecule has 1 amide bonds. The smallest absolute Gasteiger partial charge is 0.306 e. The van der Waals surface area contributed by atoms with Crippen molar-refractivity contribution in [3.05, 3.63) is 52.3 Å². The number of carbonyl (C=O) groups is 1. The van der Waals surface area contributed by atoms with Gasteiger partial charge in [-0.05, 0) is 24.3 Å². The number of rotatable bonds is 6. The maximum Gasteiger partial charge on any atom is 0.306 e. The Morgan fingerprint density at radius 1 is 1.23 bits per heavy atom. The molecule has 9 nitrogen and oxygen atoms in total. The first-order valence-corrected chi connectivity index (χ1v) is 8.55. The lowest BCUT2D eigenvalue weighted by Crippen LogP contribution is -2.14. The normalized spacial score (nSPS) is 10.9. The number of nitrogens with zero attached hydrogens (tertiary/aromatic N) is 1. The van der Waals surface area contributed by atoms with Crippen LogP contribution in [0.5, 0.6) is 5.75 Å². The zero-order valence-electron chi connectivity index (χ0n) is 13.6. The van der Waals surface area contributed by atoms with Crippen LogP contribution in [0.4, 0.5) is 21.5 Å². The number of nitro benzene ring substituents is 1. The average molecular weight is 383 g/mol. The quantitative estimate of drug-likeness (QED) is 0.583. The molecule has 2 rings (SSSR count). The number of hydrogen-bond acceptors (Lipinski definition) is 6. The summed E-state index contributed by atoms with van der Waals surface area (Å²) in [5.74, 6) is -1.34. The van der Waals surface area contributed by atoms with Crippen LogP contribution in [0.15, 0.2) is 41.3 Å². The van der Waals surface area contributed by atoms with Gasteiger partial charge in [-0.3, -0.25) is 19.6 Å². The van der Waals surface area contributed by atoms with E-state index in [1.54, 1.807) is 0 Å². The molecular weight excluding hydrogens is 369 g/mol. The molecule has 0 spiro atoms. The van der Waals surface area contributed by atoms with E-state index in [-0.39, 0.29) is 27.9 Å². The third kappa shape index (κ3) is 4.25. The molecule has 0 saturated heterocycles. The van der Waals surface area contributed by atoms with Crippen molar-refractivity contribution in [3.8, 4) is 5.75 Å². The fraction of sp³-hybridized carbons (Fsp3) is 0.133. The van der Waals surface area contributed by atoms with E-state index in [1.165, 1.54) is 32.2 Å². The lowest BCUT2D eigenvalue weighted by atomic mass is 10.3. The van der Waals surface area contributed by atoms with Crippen molar-refractivity contribution in [1.29, 1.82) is 0 Å². The number of amides is 1. The maximum absolute atomic E-state index is 13.4. The van der Waals surface area contributed by atoms with E-state index in [0.29, 0.717) is 0 Å². The van der Waals surface area contributed by atoms with Crippen molar-refractivity contribution >= 4 is 33.0 Å². The van der Waals surface area contributed by atoms with Crippen LogP contribution in [0.3, 0.4) is 0 Å². The van der Waals surface area contributed by atoms with Gasteiger partial charge in [0.25, 0.3) is 10.0 Å². The van der Waals surface area contributed by atoms with Crippen molar-refractivity contribution in [3.63, 3.8) is 0 Å². The summed E-state index contributed by atoms with van der Waals surface area (Å²) in [5, 5.41) is 13.2. The van der Waals surface area contributed by atoms with E-state index < -0.39 is 26.5 Å². The zero-order valence-corrected chi connectivity index (χ0v) is 14.5. The van der Waals surface area contributed by atoms with Crippen LogP contribution in [0, 0.1) is 15.9 Å². The number of benzene rings is 2. The number of halogens is 1. The van der Waals surface area contributed by atoms with Crippen LogP contribution in [0.1, 0.15) is 6.92 Å². The number of anilines is 2. The molecule has 0 unspecified atom stereocenters. The second-order valence-corrected chi connectivity index (χ2v) is 6.75. The summed E-state index contributed by atoms with van der Waals surface area (Å²) in [6.45, 7) is 1.28. The molecule has 26 heavy (non-hydrogen) atoms. The summed E-state index contributed by atoms with van der Waals surface area (Å²) in [6, 6.07) is 6.34. The molecule has 0 bridgehead atoms. The SMILES string of the molecule is COc1cc(S(=O)(=O)Nc2ccc(F)c([N+](=O)[O-])c2)ccc1NC(C)=O. The summed E-state index contributed by atoms with van der Waals surface area (Å²) < 4.78 is 45.4. The van der Waals surface area contributed by atoms with E-state index >= 15 is 0 Å². The number of ether oxygens (including phenoxy) is 1. The summed E-state index contributed by atoms with van der Waals surface area (Å²) in [4.78, 5) is 20.7. The molecule has 0 aliphatic heterocycles. The average Bonchev–Trinajstić information content (AvgIpc) is 2.55. The molecule has 2 aromatic rings. The van der Waals surface area contributed by atoms with Crippen LogP contribution in [-0.2, 0) is 14.8 Å². The van der Waals surface area contributed by atoms with Crippen LogP contribution >= 0.6 is 0 Å². The summed E-state index contributed by atoms with van der Waals surface area (Å²) in [6.07, 6.45) is 0. The molecule has 0 heterocycles. The van der Waals surface area contributed by atoms with Gasteiger partial charge in [0, 0.05) is 19.1 Å². The molecular formula is C15H14FN3O6S. The fourth-order valence-corrected chi connectivity index (χ4v) is 3.13. The van der Waals surface area contributed by atoms with Gasteiger partial charge in [0.1, 0.15) is 5.75 Å². The van der Waals surface area contributed by atoms with E-state index in [4.69, 9.17) is 4.74 Å². The molecule has 0 aromatic heterocycles. The molecule has 0 atom stereocenters. The Morgan fingerprint density at radius 3 is 2.50 bits per heavy atom. The van der Waals surface area contributed by atoms with E-state index in [1.807, 2.05) is 0 Å². The Morgan fingerprint density at radius 2 is 1.92 bits per heavy atom. The Hall–Kier alpha value is -3.21. The van der Waals surface area contributed by atoms with Gasteiger partial charge in [-0.15, -0.1) is 0 Å². The topological polar surface area (TPSA) is 128 Å². The molecule has 0 saturated carbocycles. The van der Waals surface area contributed by atoms with Crippen molar-refractivity contribution < 1.29 is 27.3 Å². The first-order valence-electron chi connectivity index (χ1n) is 7.06. The second kappa shape index (κ2) is 7.35. The summed E-state index contributed by atoms with van der Waals surface area (Å²) in [7, 11) is -2.83. The highest BCUT2D eigenvalue weighted by Crippen LogP contribution is 2.29. The fourth-order valence-electron chi connectivity index (χ4n) is 2.06. The van der Waals surface area contributed by atoms with Crippen molar-refractivity contribution in [2.24, 2.45) is 0 Å². The molecule has 0 fully saturated rings. The lowest BCUT2D eigenvalue weighted by molar-refractivity contribution is -0.387. The predicted molar refractivity (Wildman–Crippen MR) is 91.2 cm³/mol. The number of methoxy groups -OCH3 is 1. The number of nitro groups is 1. The zero-order chi connectivity index (χ0) is 19.5.